The highest BCUT2D eigenvalue weighted by Gasteiger charge is 2.14. The van der Waals surface area contributed by atoms with Gasteiger partial charge in [0.05, 0.1) is 5.52 Å². The fourth-order valence-corrected chi connectivity index (χ4v) is 3.12. The van der Waals surface area contributed by atoms with Crippen molar-refractivity contribution in [1.29, 1.82) is 0 Å². The Hall–Kier alpha value is -2.39. The average molecular weight is 292 g/mol. The van der Waals surface area contributed by atoms with Crippen LogP contribution in [0.1, 0.15) is 12.0 Å². The van der Waals surface area contributed by atoms with Crippen LogP contribution in [-0.2, 0) is 0 Å². The Morgan fingerprint density at radius 2 is 1.82 bits per heavy atom. The van der Waals surface area contributed by atoms with Gasteiger partial charge in [-0.3, -0.25) is 0 Å². The van der Waals surface area contributed by atoms with Crippen molar-refractivity contribution in [2.75, 3.05) is 13.1 Å². The van der Waals surface area contributed by atoms with Crippen molar-refractivity contribution >= 4 is 16.5 Å². The number of aromatic nitrogens is 1. The van der Waals surface area contributed by atoms with Crippen LogP contribution < -0.4 is 5.32 Å². The molecule has 1 aliphatic rings. The highest BCUT2D eigenvalue weighted by Crippen LogP contribution is 2.31. The molecular formula is C19H17FN2. The molecule has 0 fully saturated rings. The van der Waals surface area contributed by atoms with Crippen molar-refractivity contribution < 1.29 is 4.39 Å². The predicted molar refractivity (Wildman–Crippen MR) is 88.7 cm³/mol. The molecule has 0 unspecified atom stereocenters. The summed E-state index contributed by atoms with van der Waals surface area (Å²) < 4.78 is 15.3. The van der Waals surface area contributed by atoms with E-state index in [9.17, 15) is 4.39 Å². The summed E-state index contributed by atoms with van der Waals surface area (Å²) in [7, 11) is 0. The second kappa shape index (κ2) is 5.43. The monoisotopic (exact) mass is 292 g/mol. The lowest BCUT2D eigenvalue weighted by atomic mass is 10.00. The van der Waals surface area contributed by atoms with E-state index in [2.05, 4.69) is 40.4 Å². The van der Waals surface area contributed by atoms with Crippen LogP contribution in [0.5, 0.6) is 0 Å². The van der Waals surface area contributed by atoms with Crippen LogP contribution in [0.3, 0.4) is 0 Å². The molecule has 3 aromatic rings. The van der Waals surface area contributed by atoms with Crippen LogP contribution >= 0.6 is 0 Å². The highest BCUT2D eigenvalue weighted by atomic mass is 19.1. The van der Waals surface area contributed by atoms with Crippen molar-refractivity contribution in [3.05, 3.63) is 72.2 Å². The fourth-order valence-electron chi connectivity index (χ4n) is 3.12. The van der Waals surface area contributed by atoms with Crippen LogP contribution in [0.15, 0.2) is 60.8 Å². The van der Waals surface area contributed by atoms with Crippen molar-refractivity contribution in [2.45, 2.75) is 6.42 Å². The lowest BCUT2D eigenvalue weighted by Crippen LogP contribution is -2.19. The molecule has 0 atom stereocenters. The first-order valence-corrected chi connectivity index (χ1v) is 7.59. The smallest absolute Gasteiger partial charge is 0.123 e. The maximum absolute atomic E-state index is 13.2. The Balaban J connectivity index is 1.92. The van der Waals surface area contributed by atoms with E-state index in [1.54, 1.807) is 0 Å². The average Bonchev–Trinajstić information content (AvgIpc) is 2.96. The largest absolute Gasteiger partial charge is 0.316 e. The minimum atomic E-state index is -0.207. The number of halogens is 1. The molecule has 2 aromatic carbocycles. The van der Waals surface area contributed by atoms with E-state index in [0.717, 1.165) is 30.7 Å². The zero-order chi connectivity index (χ0) is 14.9. The third-order valence-electron chi connectivity index (χ3n) is 4.23. The first-order chi connectivity index (χ1) is 10.8. The molecule has 1 aliphatic heterocycles. The van der Waals surface area contributed by atoms with Gasteiger partial charge in [-0.1, -0.05) is 24.3 Å². The van der Waals surface area contributed by atoms with E-state index in [1.165, 1.54) is 28.7 Å². The molecule has 0 bridgehead atoms. The lowest BCUT2D eigenvalue weighted by Gasteiger charge is -2.13. The third-order valence-corrected chi connectivity index (χ3v) is 4.23. The van der Waals surface area contributed by atoms with E-state index in [0.29, 0.717) is 0 Å². The minimum Gasteiger partial charge on any atom is -0.316 e. The van der Waals surface area contributed by atoms with Gasteiger partial charge < -0.3 is 9.88 Å². The number of rotatable bonds is 2. The molecule has 0 saturated carbocycles. The maximum Gasteiger partial charge on any atom is 0.123 e. The number of hydrogen-bond acceptors (Lipinski definition) is 1. The SMILES string of the molecule is Fc1ccc(-n2cc(C3=CCNCC3)c3ccccc32)cc1. The van der Waals surface area contributed by atoms with Crippen molar-refractivity contribution in [3.63, 3.8) is 0 Å². The number of benzene rings is 2. The second-order valence-corrected chi connectivity index (χ2v) is 5.59. The van der Waals surface area contributed by atoms with Gasteiger partial charge in [0.1, 0.15) is 5.82 Å². The number of hydrogen-bond donors (Lipinski definition) is 1. The Labute approximate surface area is 128 Å². The summed E-state index contributed by atoms with van der Waals surface area (Å²) in [6, 6.07) is 15.1. The van der Waals surface area contributed by atoms with Crippen LogP contribution in [0.25, 0.3) is 22.2 Å². The summed E-state index contributed by atoms with van der Waals surface area (Å²) in [6.07, 6.45) is 5.48. The lowest BCUT2D eigenvalue weighted by molar-refractivity contribution is 0.627. The van der Waals surface area contributed by atoms with Crippen LogP contribution in [-0.4, -0.2) is 17.7 Å². The summed E-state index contributed by atoms with van der Waals surface area (Å²) in [5, 5.41) is 4.60. The number of nitrogens with zero attached hydrogens (tertiary/aromatic N) is 1. The van der Waals surface area contributed by atoms with Gasteiger partial charge in [0, 0.05) is 29.4 Å². The minimum absolute atomic E-state index is 0.207. The van der Waals surface area contributed by atoms with Gasteiger partial charge >= 0.3 is 0 Å². The standard InChI is InChI=1S/C19H17FN2/c20-15-5-7-16(8-6-15)22-13-18(14-9-11-21-12-10-14)17-3-1-2-4-19(17)22/h1-9,13,21H,10-12H2. The molecule has 0 spiro atoms. The summed E-state index contributed by atoms with van der Waals surface area (Å²) in [6.45, 7) is 1.94. The second-order valence-electron chi connectivity index (χ2n) is 5.59. The van der Waals surface area contributed by atoms with Crippen molar-refractivity contribution in [2.24, 2.45) is 0 Å². The highest BCUT2D eigenvalue weighted by molar-refractivity contribution is 5.94. The van der Waals surface area contributed by atoms with Crippen LogP contribution in [0, 0.1) is 5.82 Å². The molecular weight excluding hydrogens is 275 g/mol. The van der Waals surface area contributed by atoms with Crippen molar-refractivity contribution in [3.8, 4) is 5.69 Å². The Morgan fingerprint density at radius 1 is 1.00 bits per heavy atom. The molecule has 0 radical (unpaired) electrons. The maximum atomic E-state index is 13.2. The molecule has 1 aromatic heterocycles. The summed E-state index contributed by atoms with van der Waals surface area (Å²) in [5.74, 6) is -0.207. The van der Waals surface area contributed by atoms with Crippen LogP contribution in [0.4, 0.5) is 4.39 Å². The van der Waals surface area contributed by atoms with E-state index in [1.807, 2.05) is 18.2 Å². The zero-order valence-electron chi connectivity index (χ0n) is 12.2. The van der Waals surface area contributed by atoms with Crippen LogP contribution in [0.2, 0.25) is 0 Å². The van der Waals surface area contributed by atoms with Gasteiger partial charge in [0.25, 0.3) is 0 Å². The Kier molecular flexibility index (Phi) is 3.28. The number of para-hydroxylation sites is 1. The summed E-state index contributed by atoms with van der Waals surface area (Å²) in [4.78, 5) is 0. The predicted octanol–water partition coefficient (Wildman–Crippen LogP) is 4.15. The molecule has 0 amide bonds. The molecule has 1 N–H and O–H groups in total. The number of fused-ring (bicyclic) bond motifs is 1. The molecule has 2 nitrogen and oxygen atoms in total. The molecule has 0 saturated heterocycles. The zero-order valence-corrected chi connectivity index (χ0v) is 12.2. The first-order valence-electron chi connectivity index (χ1n) is 7.59. The topological polar surface area (TPSA) is 17.0 Å². The molecule has 0 aliphatic carbocycles. The quantitative estimate of drug-likeness (QED) is 0.751. The van der Waals surface area contributed by atoms with E-state index in [4.69, 9.17) is 0 Å². The van der Waals surface area contributed by atoms with E-state index >= 15 is 0 Å². The van der Waals surface area contributed by atoms with E-state index < -0.39 is 0 Å². The number of nitrogens with one attached hydrogen (secondary N) is 1. The third kappa shape index (κ3) is 2.24. The molecule has 22 heavy (non-hydrogen) atoms. The fraction of sp³-hybridized carbons (Fsp3) is 0.158. The van der Waals surface area contributed by atoms with Gasteiger partial charge in [0.15, 0.2) is 0 Å². The molecule has 4 rings (SSSR count). The molecule has 110 valence electrons. The normalized spacial score (nSPS) is 15.0. The summed E-state index contributed by atoms with van der Waals surface area (Å²) >= 11 is 0. The summed E-state index contributed by atoms with van der Waals surface area (Å²) in [5.41, 5.74) is 4.80. The Morgan fingerprint density at radius 3 is 2.59 bits per heavy atom. The Bertz CT molecular complexity index is 844. The van der Waals surface area contributed by atoms with Crippen molar-refractivity contribution in [1.82, 2.24) is 9.88 Å². The van der Waals surface area contributed by atoms with E-state index in [-0.39, 0.29) is 5.82 Å². The van der Waals surface area contributed by atoms with Gasteiger partial charge in [-0.25, -0.2) is 4.39 Å². The molecule has 3 heteroatoms. The van der Waals surface area contributed by atoms with Gasteiger partial charge in [-0.15, -0.1) is 0 Å². The van der Waals surface area contributed by atoms with Gasteiger partial charge in [-0.2, -0.15) is 0 Å². The first kappa shape index (κ1) is 13.3. The molecule has 2 heterocycles. The van der Waals surface area contributed by atoms with Gasteiger partial charge in [0.2, 0.25) is 0 Å². The van der Waals surface area contributed by atoms with Gasteiger partial charge in [-0.05, 0) is 48.9 Å².